The second-order valence-electron chi connectivity index (χ2n) is 4.80. The molecule has 0 aliphatic heterocycles. The van der Waals surface area contributed by atoms with Crippen molar-refractivity contribution in [3.05, 3.63) is 23.3 Å². The van der Waals surface area contributed by atoms with Crippen LogP contribution in [0.25, 0.3) is 0 Å². The molecule has 2 heteroatoms. The third-order valence-electron chi connectivity index (χ3n) is 1.70. The lowest BCUT2D eigenvalue weighted by Gasteiger charge is -2.13. The van der Waals surface area contributed by atoms with Gasteiger partial charge in [-0.25, -0.2) is 4.79 Å². The van der Waals surface area contributed by atoms with Crippen molar-refractivity contribution in [3.8, 4) is 0 Å². The van der Waals surface area contributed by atoms with Crippen LogP contribution in [0.5, 0.6) is 0 Å². The van der Waals surface area contributed by atoms with Crippen molar-refractivity contribution in [1.82, 2.24) is 0 Å². The van der Waals surface area contributed by atoms with Crippen molar-refractivity contribution in [2.24, 2.45) is 5.41 Å². The molecule has 0 saturated carbocycles. The van der Waals surface area contributed by atoms with Crippen LogP contribution in [0.4, 0.5) is 0 Å². The second-order valence-corrected chi connectivity index (χ2v) is 4.80. The molecule has 0 N–H and O–H groups in total. The summed E-state index contributed by atoms with van der Waals surface area (Å²) in [6, 6.07) is 0. The molecule has 0 rings (SSSR count). The van der Waals surface area contributed by atoms with Crippen molar-refractivity contribution in [3.63, 3.8) is 0 Å². The normalized spacial score (nSPS) is 14.0. The van der Waals surface area contributed by atoms with Gasteiger partial charge >= 0.3 is 5.97 Å². The number of carbonyl (C=O) groups excluding carboxylic acids is 1. The third-order valence-corrected chi connectivity index (χ3v) is 1.70. The lowest BCUT2D eigenvalue weighted by molar-refractivity contribution is -0.138. The maximum absolute atomic E-state index is 11.3. The van der Waals surface area contributed by atoms with Crippen molar-refractivity contribution in [1.29, 1.82) is 0 Å². The zero-order chi connectivity index (χ0) is 12.1. The van der Waals surface area contributed by atoms with E-state index in [-0.39, 0.29) is 11.4 Å². The van der Waals surface area contributed by atoms with E-state index in [2.05, 4.69) is 26.8 Å². The molecule has 0 spiro atoms. The number of hydrogen-bond acceptors (Lipinski definition) is 2. The summed E-state index contributed by atoms with van der Waals surface area (Å²) in [5, 5.41) is 0. The number of hydrogen-bond donors (Lipinski definition) is 0. The van der Waals surface area contributed by atoms with Crippen LogP contribution in [-0.2, 0) is 9.53 Å². The van der Waals surface area contributed by atoms with Crippen LogP contribution >= 0.6 is 0 Å². The van der Waals surface area contributed by atoms with Gasteiger partial charge in [0.05, 0.1) is 6.61 Å². The molecule has 0 fully saturated rings. The van der Waals surface area contributed by atoms with Gasteiger partial charge in [0, 0.05) is 5.57 Å². The molecule has 0 aromatic carbocycles. The van der Waals surface area contributed by atoms with Crippen LogP contribution < -0.4 is 0 Å². The Balaban J connectivity index is 4.62. The standard InChI is InChI=1S/C13H22O2/c1-7-15-12(14)11(3)8-10(2)9-13(4,5)6/h8-9H,7H2,1-6H3/b10-9+,11-8+. The molecule has 86 valence electrons. The van der Waals surface area contributed by atoms with E-state index < -0.39 is 0 Å². The maximum Gasteiger partial charge on any atom is 0.333 e. The predicted molar refractivity (Wildman–Crippen MR) is 63.6 cm³/mol. The van der Waals surface area contributed by atoms with E-state index in [1.54, 1.807) is 6.92 Å². The fraction of sp³-hybridized carbons (Fsp3) is 0.615. The van der Waals surface area contributed by atoms with E-state index in [1.807, 2.05) is 19.9 Å². The summed E-state index contributed by atoms with van der Waals surface area (Å²) < 4.78 is 4.90. The second kappa shape index (κ2) is 5.74. The molecular formula is C13H22O2. The number of carbonyl (C=O) groups is 1. The van der Waals surface area contributed by atoms with Gasteiger partial charge in [0.2, 0.25) is 0 Å². The molecule has 0 saturated heterocycles. The first-order chi connectivity index (χ1) is 6.76. The largest absolute Gasteiger partial charge is 0.463 e. The Labute approximate surface area is 93.0 Å². The predicted octanol–water partition coefficient (Wildman–Crippen LogP) is 3.49. The van der Waals surface area contributed by atoms with Crippen LogP contribution in [0, 0.1) is 5.41 Å². The zero-order valence-electron chi connectivity index (χ0n) is 10.7. The van der Waals surface area contributed by atoms with Crippen molar-refractivity contribution < 1.29 is 9.53 Å². The first-order valence-electron chi connectivity index (χ1n) is 5.31. The van der Waals surface area contributed by atoms with E-state index in [0.717, 1.165) is 5.57 Å². The smallest absolute Gasteiger partial charge is 0.333 e. The minimum absolute atomic E-state index is 0.134. The summed E-state index contributed by atoms with van der Waals surface area (Å²) >= 11 is 0. The molecule has 0 aromatic heterocycles. The maximum atomic E-state index is 11.3. The molecule has 0 aliphatic rings. The summed E-state index contributed by atoms with van der Waals surface area (Å²) in [6.07, 6.45) is 4.00. The van der Waals surface area contributed by atoms with Gasteiger partial charge in [-0.1, -0.05) is 32.4 Å². The monoisotopic (exact) mass is 210 g/mol. The Morgan fingerprint density at radius 2 is 1.80 bits per heavy atom. The molecule has 0 atom stereocenters. The van der Waals surface area contributed by atoms with Crippen LogP contribution in [-0.4, -0.2) is 12.6 Å². The highest BCUT2D eigenvalue weighted by atomic mass is 16.5. The fourth-order valence-corrected chi connectivity index (χ4v) is 1.37. The first-order valence-corrected chi connectivity index (χ1v) is 5.31. The molecule has 0 heterocycles. The Hall–Kier alpha value is -1.05. The van der Waals surface area contributed by atoms with Crippen molar-refractivity contribution in [2.45, 2.75) is 41.5 Å². The average molecular weight is 210 g/mol. The Morgan fingerprint density at radius 3 is 2.20 bits per heavy atom. The Bertz CT molecular complexity index is 277. The van der Waals surface area contributed by atoms with Crippen LogP contribution in [0.1, 0.15) is 41.5 Å². The SMILES string of the molecule is CCOC(=O)/C(C)=C/C(C)=C/C(C)(C)C. The van der Waals surface area contributed by atoms with E-state index in [0.29, 0.717) is 12.2 Å². The van der Waals surface area contributed by atoms with Gasteiger partial charge in [0.1, 0.15) is 0 Å². The summed E-state index contributed by atoms with van der Waals surface area (Å²) in [5.74, 6) is -0.237. The summed E-state index contributed by atoms with van der Waals surface area (Å²) in [6.45, 7) is 12.4. The van der Waals surface area contributed by atoms with E-state index in [9.17, 15) is 4.79 Å². The lowest BCUT2D eigenvalue weighted by atomic mass is 9.93. The molecule has 0 aromatic rings. The van der Waals surface area contributed by atoms with Gasteiger partial charge in [-0.05, 0) is 32.3 Å². The van der Waals surface area contributed by atoms with Gasteiger partial charge in [-0.3, -0.25) is 0 Å². The molecule has 0 unspecified atom stereocenters. The van der Waals surface area contributed by atoms with Crippen LogP contribution in [0.15, 0.2) is 23.3 Å². The molecule has 0 aliphatic carbocycles. The van der Waals surface area contributed by atoms with Gasteiger partial charge < -0.3 is 4.74 Å². The zero-order valence-corrected chi connectivity index (χ0v) is 10.7. The first kappa shape index (κ1) is 13.9. The Morgan fingerprint density at radius 1 is 1.27 bits per heavy atom. The lowest BCUT2D eigenvalue weighted by Crippen LogP contribution is -2.05. The van der Waals surface area contributed by atoms with Gasteiger partial charge in [-0.15, -0.1) is 0 Å². The van der Waals surface area contributed by atoms with Gasteiger partial charge in [-0.2, -0.15) is 0 Å². The van der Waals surface area contributed by atoms with E-state index in [1.165, 1.54) is 0 Å². The average Bonchev–Trinajstić information content (AvgIpc) is 2.00. The summed E-state index contributed by atoms with van der Waals surface area (Å²) in [7, 11) is 0. The molecule has 2 nitrogen and oxygen atoms in total. The van der Waals surface area contributed by atoms with Gasteiger partial charge in [0.15, 0.2) is 0 Å². The van der Waals surface area contributed by atoms with Crippen LogP contribution in [0.3, 0.4) is 0 Å². The number of ether oxygens (including phenoxy) is 1. The number of allylic oxidation sites excluding steroid dienone is 3. The molecule has 0 bridgehead atoms. The minimum atomic E-state index is -0.237. The number of rotatable bonds is 3. The highest BCUT2D eigenvalue weighted by Crippen LogP contribution is 2.18. The van der Waals surface area contributed by atoms with Crippen molar-refractivity contribution in [2.75, 3.05) is 6.61 Å². The molecule has 0 radical (unpaired) electrons. The minimum Gasteiger partial charge on any atom is -0.463 e. The number of esters is 1. The topological polar surface area (TPSA) is 26.3 Å². The molecule has 15 heavy (non-hydrogen) atoms. The third kappa shape index (κ3) is 6.95. The molecular weight excluding hydrogens is 188 g/mol. The Kier molecular flexibility index (Phi) is 5.34. The summed E-state index contributed by atoms with van der Waals surface area (Å²) in [5.41, 5.74) is 1.87. The highest BCUT2D eigenvalue weighted by Gasteiger charge is 2.07. The van der Waals surface area contributed by atoms with Crippen LogP contribution in [0.2, 0.25) is 0 Å². The van der Waals surface area contributed by atoms with E-state index in [4.69, 9.17) is 4.74 Å². The highest BCUT2D eigenvalue weighted by molar-refractivity contribution is 5.88. The fourth-order valence-electron chi connectivity index (χ4n) is 1.37. The summed E-state index contributed by atoms with van der Waals surface area (Å²) in [4.78, 5) is 11.3. The quantitative estimate of drug-likeness (QED) is 0.405. The van der Waals surface area contributed by atoms with Gasteiger partial charge in [0.25, 0.3) is 0 Å². The molecule has 0 amide bonds. The van der Waals surface area contributed by atoms with E-state index >= 15 is 0 Å². The van der Waals surface area contributed by atoms with Crippen molar-refractivity contribution >= 4 is 5.97 Å².